The number of nitrogens with one attached hydrogen (secondary N) is 1. The Morgan fingerprint density at radius 3 is 2.85 bits per heavy atom. The van der Waals surface area contributed by atoms with Crippen molar-refractivity contribution in [2.45, 2.75) is 32.9 Å². The molecule has 0 spiro atoms. The molecule has 6 heteroatoms. The van der Waals surface area contributed by atoms with E-state index in [9.17, 15) is 0 Å². The highest BCUT2D eigenvalue weighted by Crippen LogP contribution is 2.25. The van der Waals surface area contributed by atoms with E-state index in [1.54, 1.807) is 11.3 Å². The zero-order chi connectivity index (χ0) is 14.5. The molecule has 2 rings (SSSR count). The molecule has 20 heavy (non-hydrogen) atoms. The molecule has 0 atom stereocenters. The number of aliphatic hydroxyl groups is 1. The number of thiophene rings is 1. The van der Waals surface area contributed by atoms with Gasteiger partial charge in [-0.1, -0.05) is 0 Å². The molecule has 110 valence electrons. The van der Waals surface area contributed by atoms with Crippen LogP contribution in [0.15, 0.2) is 11.4 Å². The lowest BCUT2D eigenvalue weighted by molar-refractivity contribution is 0.181. The van der Waals surface area contributed by atoms with Crippen LogP contribution in [0.5, 0.6) is 0 Å². The number of rotatable bonds is 7. The third-order valence-corrected chi connectivity index (χ3v) is 4.09. The van der Waals surface area contributed by atoms with Crippen molar-refractivity contribution in [1.29, 1.82) is 0 Å². The van der Waals surface area contributed by atoms with Gasteiger partial charge in [-0.25, -0.2) is 9.97 Å². The molecule has 0 aromatic carbocycles. The first-order valence-corrected chi connectivity index (χ1v) is 7.80. The van der Waals surface area contributed by atoms with Crippen molar-refractivity contribution in [3.8, 4) is 0 Å². The summed E-state index contributed by atoms with van der Waals surface area (Å²) < 4.78 is 0. The Bertz CT molecular complexity index is 555. The van der Waals surface area contributed by atoms with Crippen LogP contribution in [0, 0.1) is 0 Å². The van der Waals surface area contributed by atoms with Crippen LogP contribution in [0.2, 0.25) is 0 Å². The molecular weight excluding hydrogens is 272 g/mol. The van der Waals surface area contributed by atoms with Gasteiger partial charge in [-0.3, -0.25) is 4.90 Å². The van der Waals surface area contributed by atoms with Gasteiger partial charge in [-0.05, 0) is 31.7 Å². The Labute approximate surface area is 123 Å². The van der Waals surface area contributed by atoms with Crippen molar-refractivity contribution in [2.75, 3.05) is 25.5 Å². The summed E-state index contributed by atoms with van der Waals surface area (Å²) >= 11 is 1.63. The van der Waals surface area contributed by atoms with E-state index >= 15 is 0 Å². The van der Waals surface area contributed by atoms with Crippen molar-refractivity contribution in [3.63, 3.8) is 0 Å². The minimum atomic E-state index is 0.218. The van der Waals surface area contributed by atoms with Crippen molar-refractivity contribution >= 4 is 27.4 Å². The van der Waals surface area contributed by atoms with E-state index in [2.05, 4.69) is 34.0 Å². The monoisotopic (exact) mass is 294 g/mol. The van der Waals surface area contributed by atoms with Gasteiger partial charge in [0.15, 0.2) is 0 Å². The molecule has 0 radical (unpaired) electrons. The second-order valence-corrected chi connectivity index (χ2v) is 5.91. The number of hydrogen-bond donors (Lipinski definition) is 2. The highest BCUT2D eigenvalue weighted by molar-refractivity contribution is 7.16. The normalized spacial score (nSPS) is 11.7. The maximum atomic E-state index is 8.99. The lowest BCUT2D eigenvalue weighted by Gasteiger charge is -2.25. The van der Waals surface area contributed by atoms with Crippen molar-refractivity contribution in [1.82, 2.24) is 14.9 Å². The van der Waals surface area contributed by atoms with Gasteiger partial charge in [0.05, 0.1) is 11.9 Å². The molecule has 5 nitrogen and oxygen atoms in total. The number of anilines is 1. The van der Waals surface area contributed by atoms with Crippen LogP contribution in [0.25, 0.3) is 10.2 Å². The van der Waals surface area contributed by atoms with Gasteiger partial charge >= 0.3 is 0 Å². The number of hydrogen-bond acceptors (Lipinski definition) is 6. The molecular formula is C14H22N4OS. The average molecular weight is 294 g/mol. The van der Waals surface area contributed by atoms with Gasteiger partial charge in [-0.15, -0.1) is 11.3 Å². The smallest absolute Gasteiger partial charge is 0.146 e. The molecule has 0 saturated heterocycles. The second-order valence-electron chi connectivity index (χ2n) is 5.02. The molecule has 0 aliphatic heterocycles. The average Bonchev–Trinajstić information content (AvgIpc) is 2.90. The Balaban J connectivity index is 2.22. The number of fused-ring (bicyclic) bond motifs is 1. The van der Waals surface area contributed by atoms with E-state index in [4.69, 9.17) is 5.11 Å². The van der Waals surface area contributed by atoms with Gasteiger partial charge in [0.25, 0.3) is 0 Å². The van der Waals surface area contributed by atoms with E-state index in [0.717, 1.165) is 34.8 Å². The van der Waals surface area contributed by atoms with Gasteiger partial charge in [-0.2, -0.15) is 0 Å². The first-order valence-electron chi connectivity index (χ1n) is 6.92. The van der Waals surface area contributed by atoms with Crippen LogP contribution in [0.3, 0.4) is 0 Å². The van der Waals surface area contributed by atoms with Crippen molar-refractivity contribution < 1.29 is 5.11 Å². The summed E-state index contributed by atoms with van der Waals surface area (Å²) in [6.07, 6.45) is 0.776. The molecule has 0 aliphatic carbocycles. The van der Waals surface area contributed by atoms with E-state index < -0.39 is 0 Å². The summed E-state index contributed by atoms with van der Waals surface area (Å²) in [7, 11) is 1.88. The van der Waals surface area contributed by atoms with Crippen LogP contribution >= 0.6 is 11.3 Å². The van der Waals surface area contributed by atoms with E-state index in [0.29, 0.717) is 12.6 Å². The summed E-state index contributed by atoms with van der Waals surface area (Å²) in [6, 6.07) is 2.45. The van der Waals surface area contributed by atoms with Crippen LogP contribution in [0.1, 0.15) is 26.1 Å². The summed E-state index contributed by atoms with van der Waals surface area (Å²) in [6.45, 7) is 6.09. The van der Waals surface area contributed by atoms with Gasteiger partial charge in [0.2, 0.25) is 0 Å². The first kappa shape index (κ1) is 15.2. The summed E-state index contributed by atoms with van der Waals surface area (Å²) in [4.78, 5) is 12.5. The minimum Gasteiger partial charge on any atom is -0.396 e. The van der Waals surface area contributed by atoms with E-state index in [1.165, 1.54) is 0 Å². The zero-order valence-electron chi connectivity index (χ0n) is 12.3. The predicted octanol–water partition coefficient (Wildman–Crippen LogP) is 2.33. The predicted molar refractivity (Wildman–Crippen MR) is 84.2 cm³/mol. The SMILES string of the molecule is CNc1nc(CN(CCCO)C(C)C)nc2sccc12. The Kier molecular flexibility index (Phi) is 5.28. The standard InChI is InChI=1S/C14H22N4OS/c1-10(2)18(6-4-7-19)9-12-16-13(15-3)11-5-8-20-14(11)17-12/h5,8,10,19H,4,6-7,9H2,1-3H3,(H,15,16,17). The Morgan fingerprint density at radius 1 is 1.40 bits per heavy atom. The molecule has 0 amide bonds. The lowest BCUT2D eigenvalue weighted by Crippen LogP contribution is -2.32. The summed E-state index contributed by atoms with van der Waals surface area (Å²) in [5, 5.41) is 15.2. The third-order valence-electron chi connectivity index (χ3n) is 3.29. The van der Waals surface area contributed by atoms with Gasteiger partial charge in [0, 0.05) is 26.2 Å². The van der Waals surface area contributed by atoms with E-state index in [-0.39, 0.29) is 6.61 Å². The molecule has 2 aromatic rings. The van der Waals surface area contributed by atoms with Crippen molar-refractivity contribution in [2.24, 2.45) is 0 Å². The fraction of sp³-hybridized carbons (Fsp3) is 0.571. The van der Waals surface area contributed by atoms with Crippen LogP contribution in [0.4, 0.5) is 5.82 Å². The molecule has 0 fully saturated rings. The zero-order valence-corrected chi connectivity index (χ0v) is 13.1. The van der Waals surface area contributed by atoms with Crippen LogP contribution in [-0.4, -0.2) is 46.2 Å². The third kappa shape index (κ3) is 3.45. The molecule has 0 unspecified atom stereocenters. The lowest BCUT2D eigenvalue weighted by atomic mass is 10.2. The van der Waals surface area contributed by atoms with Gasteiger partial charge in [0.1, 0.15) is 16.5 Å². The molecule has 2 heterocycles. The maximum absolute atomic E-state index is 8.99. The molecule has 2 N–H and O–H groups in total. The molecule has 0 bridgehead atoms. The topological polar surface area (TPSA) is 61.3 Å². The Hall–Kier alpha value is -1.24. The van der Waals surface area contributed by atoms with Crippen LogP contribution in [-0.2, 0) is 6.54 Å². The first-order chi connectivity index (χ1) is 9.65. The summed E-state index contributed by atoms with van der Waals surface area (Å²) in [5.41, 5.74) is 0. The number of nitrogens with zero attached hydrogens (tertiary/aromatic N) is 3. The van der Waals surface area contributed by atoms with Crippen molar-refractivity contribution in [3.05, 3.63) is 17.3 Å². The largest absolute Gasteiger partial charge is 0.396 e. The fourth-order valence-corrected chi connectivity index (χ4v) is 2.92. The quantitative estimate of drug-likeness (QED) is 0.820. The number of aromatic nitrogens is 2. The highest BCUT2D eigenvalue weighted by Gasteiger charge is 2.14. The highest BCUT2D eigenvalue weighted by atomic mass is 32.1. The fourth-order valence-electron chi connectivity index (χ4n) is 2.14. The Morgan fingerprint density at radius 2 is 2.20 bits per heavy atom. The van der Waals surface area contributed by atoms with E-state index in [1.807, 2.05) is 18.5 Å². The number of aliphatic hydroxyl groups excluding tert-OH is 1. The molecule has 0 aliphatic rings. The summed E-state index contributed by atoms with van der Waals surface area (Å²) in [5.74, 6) is 1.72. The minimum absolute atomic E-state index is 0.218. The van der Waals surface area contributed by atoms with Crippen LogP contribution < -0.4 is 5.32 Å². The van der Waals surface area contributed by atoms with Gasteiger partial charge < -0.3 is 10.4 Å². The molecule has 0 saturated carbocycles. The second kappa shape index (κ2) is 6.97. The molecule has 2 aromatic heterocycles. The maximum Gasteiger partial charge on any atom is 0.146 e.